The van der Waals surface area contributed by atoms with Crippen LogP contribution in [0.1, 0.15) is 25.2 Å². The van der Waals surface area contributed by atoms with Crippen LogP contribution in [0.2, 0.25) is 0 Å². The van der Waals surface area contributed by atoms with Crippen molar-refractivity contribution in [3.8, 4) is 17.4 Å². The fourth-order valence-electron chi connectivity index (χ4n) is 3.35. The molecular weight excluding hydrogens is 391 g/mol. The Kier molecular flexibility index (Phi) is 5.46. The zero-order valence-electron chi connectivity index (χ0n) is 16.5. The lowest BCUT2D eigenvalue weighted by atomic mass is 10.1. The number of benzene rings is 2. The molecule has 1 aliphatic heterocycles. The second kappa shape index (κ2) is 8.03. The number of anilines is 1. The van der Waals surface area contributed by atoms with E-state index in [1.165, 1.54) is 0 Å². The van der Waals surface area contributed by atoms with Gasteiger partial charge in [0.2, 0.25) is 5.88 Å². The van der Waals surface area contributed by atoms with Crippen molar-refractivity contribution in [1.29, 1.82) is 0 Å². The monoisotopic (exact) mass is 414 g/mol. The molecule has 0 fully saturated rings. The Balaban J connectivity index is 1.94. The number of rotatable bonds is 6. The van der Waals surface area contributed by atoms with Crippen LogP contribution in [-0.4, -0.2) is 25.3 Å². The van der Waals surface area contributed by atoms with Crippen LogP contribution in [0, 0.1) is 0 Å². The van der Waals surface area contributed by atoms with Crippen molar-refractivity contribution in [1.82, 2.24) is 4.98 Å². The lowest BCUT2D eigenvalue weighted by Crippen LogP contribution is -2.15. The van der Waals surface area contributed by atoms with Gasteiger partial charge in [0.25, 0.3) is 0 Å². The van der Waals surface area contributed by atoms with Gasteiger partial charge in [-0.25, -0.2) is 4.98 Å². The molecule has 1 N–H and O–H groups in total. The van der Waals surface area contributed by atoms with Crippen LogP contribution in [0.3, 0.4) is 0 Å². The number of hydrogen-bond donors (Lipinski definition) is 1. The van der Waals surface area contributed by atoms with Gasteiger partial charge >= 0.3 is 7.60 Å². The number of ether oxygens (including phenoxy) is 2. The van der Waals surface area contributed by atoms with Crippen LogP contribution in [-0.2, 0) is 13.6 Å². The third-order valence-corrected chi connectivity index (χ3v) is 6.91. The highest BCUT2D eigenvalue weighted by molar-refractivity contribution is 7.54. The number of para-hydroxylation sites is 2. The summed E-state index contributed by atoms with van der Waals surface area (Å²) in [6.45, 7) is 4.09. The molecule has 1 aliphatic rings. The molecule has 2 heterocycles. The number of hydrogen-bond acceptors (Lipinski definition) is 7. The van der Waals surface area contributed by atoms with Crippen LogP contribution >= 0.6 is 7.60 Å². The average molecular weight is 414 g/mol. The van der Waals surface area contributed by atoms with Gasteiger partial charge in [0.05, 0.1) is 31.5 Å². The Labute approximate surface area is 169 Å². The molecule has 7 nitrogen and oxygen atoms in total. The van der Waals surface area contributed by atoms with Gasteiger partial charge in [0.1, 0.15) is 5.75 Å². The highest BCUT2D eigenvalue weighted by atomic mass is 31.2. The number of pyridine rings is 1. The smallest absolute Gasteiger partial charge is 0.357 e. The lowest BCUT2D eigenvalue weighted by molar-refractivity contribution is 0.214. The molecule has 0 saturated carbocycles. The first kappa shape index (κ1) is 19.7. The molecule has 0 radical (unpaired) electrons. The van der Waals surface area contributed by atoms with Gasteiger partial charge in [-0.3, -0.25) is 4.57 Å². The van der Waals surface area contributed by atoms with Crippen molar-refractivity contribution in [3.05, 3.63) is 54.1 Å². The predicted molar refractivity (Wildman–Crippen MR) is 112 cm³/mol. The van der Waals surface area contributed by atoms with Crippen LogP contribution in [0.4, 0.5) is 5.69 Å². The Morgan fingerprint density at radius 2 is 1.86 bits per heavy atom. The normalized spacial score (nSPS) is 15.6. The van der Waals surface area contributed by atoms with Gasteiger partial charge < -0.3 is 23.8 Å². The average Bonchev–Trinajstić information content (AvgIpc) is 2.88. The molecule has 8 heteroatoms. The van der Waals surface area contributed by atoms with Gasteiger partial charge in [-0.2, -0.15) is 0 Å². The van der Waals surface area contributed by atoms with Gasteiger partial charge in [-0.05, 0) is 44.2 Å². The molecule has 3 aromatic rings. The molecule has 1 aromatic heterocycles. The number of fused-ring (bicyclic) bond motifs is 3. The number of aromatic nitrogens is 1. The Hall–Kier alpha value is -2.60. The van der Waals surface area contributed by atoms with Crippen molar-refractivity contribution in [2.24, 2.45) is 0 Å². The first-order valence-electron chi connectivity index (χ1n) is 9.49. The van der Waals surface area contributed by atoms with Crippen LogP contribution in [0.25, 0.3) is 10.9 Å². The van der Waals surface area contributed by atoms with Gasteiger partial charge in [-0.15, -0.1) is 0 Å². The van der Waals surface area contributed by atoms with E-state index < -0.39 is 13.4 Å². The summed E-state index contributed by atoms with van der Waals surface area (Å²) in [6.07, 6.45) is 0. The Bertz CT molecular complexity index is 1080. The first-order valence-corrected chi connectivity index (χ1v) is 11.1. The fraction of sp³-hybridized carbons (Fsp3) is 0.286. The largest absolute Gasteiger partial charge is 0.497 e. The minimum absolute atomic E-state index is 0.255. The summed E-state index contributed by atoms with van der Waals surface area (Å²) in [5.74, 6) is 0.876. The summed E-state index contributed by atoms with van der Waals surface area (Å²) >= 11 is 0. The van der Waals surface area contributed by atoms with E-state index in [0.29, 0.717) is 34.1 Å². The van der Waals surface area contributed by atoms with E-state index in [0.717, 1.165) is 5.39 Å². The fourth-order valence-corrected chi connectivity index (χ4v) is 5.27. The Morgan fingerprint density at radius 3 is 2.59 bits per heavy atom. The molecule has 29 heavy (non-hydrogen) atoms. The molecule has 0 amide bonds. The quantitative estimate of drug-likeness (QED) is 0.516. The Morgan fingerprint density at radius 1 is 1.10 bits per heavy atom. The topological polar surface area (TPSA) is 78.9 Å². The van der Waals surface area contributed by atoms with E-state index in [-0.39, 0.29) is 13.2 Å². The van der Waals surface area contributed by atoms with Crippen molar-refractivity contribution >= 4 is 24.2 Å². The molecule has 0 aliphatic carbocycles. The standard InChI is InChI=1S/C21H23N2O5P/c1-4-26-29(24,27-5-2)21-16-12-14-10-11-15(25-3)13-18(14)22-20(16)28-19-9-7-6-8-17(19)23-21/h6-13,21,23H,4-5H2,1-3H3. The number of methoxy groups -OCH3 is 1. The van der Waals surface area contributed by atoms with E-state index in [1.807, 2.05) is 48.5 Å². The lowest BCUT2D eigenvalue weighted by Gasteiger charge is -2.27. The molecule has 4 rings (SSSR count). The molecule has 152 valence electrons. The maximum Gasteiger partial charge on any atom is 0.357 e. The van der Waals surface area contributed by atoms with E-state index in [2.05, 4.69) is 5.32 Å². The van der Waals surface area contributed by atoms with Gasteiger partial charge in [0.15, 0.2) is 11.5 Å². The van der Waals surface area contributed by atoms with E-state index in [9.17, 15) is 4.57 Å². The zero-order valence-corrected chi connectivity index (χ0v) is 17.4. The summed E-state index contributed by atoms with van der Waals surface area (Å²) in [7, 11) is -1.95. The molecule has 1 unspecified atom stereocenters. The number of nitrogens with zero attached hydrogens (tertiary/aromatic N) is 1. The third-order valence-electron chi connectivity index (χ3n) is 4.63. The minimum Gasteiger partial charge on any atom is -0.497 e. The first-order chi connectivity index (χ1) is 14.1. The van der Waals surface area contributed by atoms with Crippen LogP contribution in [0.15, 0.2) is 48.5 Å². The SMILES string of the molecule is CCOP(=O)(OCC)C1Nc2ccccc2Oc2nc3cc(OC)ccc3cc21. The van der Waals surface area contributed by atoms with E-state index >= 15 is 0 Å². The van der Waals surface area contributed by atoms with E-state index in [1.54, 1.807) is 21.0 Å². The van der Waals surface area contributed by atoms with Crippen molar-refractivity contribution in [2.75, 3.05) is 25.6 Å². The highest BCUT2D eigenvalue weighted by Gasteiger charge is 2.41. The molecule has 1 atom stereocenters. The predicted octanol–water partition coefficient (Wildman–Crippen LogP) is 5.73. The minimum atomic E-state index is -3.56. The summed E-state index contributed by atoms with van der Waals surface area (Å²) in [6, 6.07) is 14.9. The second-order valence-electron chi connectivity index (χ2n) is 6.46. The summed E-state index contributed by atoms with van der Waals surface area (Å²) < 4.78 is 36.5. The van der Waals surface area contributed by atoms with Gasteiger partial charge in [0, 0.05) is 17.0 Å². The van der Waals surface area contributed by atoms with E-state index in [4.69, 9.17) is 23.5 Å². The highest BCUT2D eigenvalue weighted by Crippen LogP contribution is 2.63. The maximum atomic E-state index is 13.7. The van der Waals surface area contributed by atoms with Gasteiger partial charge in [-0.1, -0.05) is 12.1 Å². The van der Waals surface area contributed by atoms with Crippen LogP contribution < -0.4 is 14.8 Å². The summed E-state index contributed by atoms with van der Waals surface area (Å²) in [5, 5.41) is 4.18. The van der Waals surface area contributed by atoms with Crippen molar-refractivity contribution < 1.29 is 23.1 Å². The maximum absolute atomic E-state index is 13.7. The second-order valence-corrected chi connectivity index (χ2v) is 8.57. The molecule has 0 bridgehead atoms. The van der Waals surface area contributed by atoms with Crippen molar-refractivity contribution in [3.63, 3.8) is 0 Å². The molecular formula is C21H23N2O5P. The third kappa shape index (κ3) is 3.69. The van der Waals surface area contributed by atoms with Crippen molar-refractivity contribution in [2.45, 2.75) is 19.6 Å². The number of nitrogens with one attached hydrogen (secondary N) is 1. The molecule has 0 spiro atoms. The summed E-state index contributed by atoms with van der Waals surface area (Å²) in [4.78, 5) is 4.69. The zero-order chi connectivity index (χ0) is 20.4. The van der Waals surface area contributed by atoms with Crippen LogP contribution in [0.5, 0.6) is 17.4 Å². The summed E-state index contributed by atoms with van der Waals surface area (Å²) in [5.41, 5.74) is 2.02. The molecule has 0 saturated heterocycles. The molecule has 2 aromatic carbocycles.